The fourth-order valence-corrected chi connectivity index (χ4v) is 4.83. The van der Waals surface area contributed by atoms with Gasteiger partial charge in [-0.1, -0.05) is 18.2 Å². The van der Waals surface area contributed by atoms with Crippen molar-refractivity contribution in [3.05, 3.63) is 64.5 Å². The van der Waals surface area contributed by atoms with E-state index in [4.69, 9.17) is 9.47 Å². The minimum Gasteiger partial charge on any atom is -0.488 e. The number of hydrogen-bond acceptors (Lipinski definition) is 13. The molecule has 0 bridgehead atoms. The summed E-state index contributed by atoms with van der Waals surface area (Å²) in [6.45, 7) is 2.53. The first-order valence-corrected chi connectivity index (χ1v) is 12.6. The van der Waals surface area contributed by atoms with Crippen LogP contribution in [0.15, 0.2) is 36.4 Å². The highest BCUT2D eigenvalue weighted by Gasteiger charge is 2.74. The van der Waals surface area contributed by atoms with Gasteiger partial charge < -0.3 is 50.5 Å². The SMILES string of the molecule is CNC(=O)C(O)(N1C(=O)c2cccc(OCc3ccc(CN4CCOCC4)cc3F)c2C1(O)O)C(O)(O)C(O)(O)C=O. The molecule has 0 saturated carbocycles. The number of fused-ring (bicyclic) bond motifs is 1. The zero-order valence-corrected chi connectivity index (χ0v) is 22.2. The minimum absolute atomic E-state index is 0.0453. The van der Waals surface area contributed by atoms with Crippen molar-refractivity contribution in [2.75, 3.05) is 33.4 Å². The molecule has 0 aliphatic carbocycles. The van der Waals surface area contributed by atoms with Crippen molar-refractivity contribution < 1.29 is 64.0 Å². The lowest BCUT2D eigenvalue weighted by Gasteiger charge is -2.48. The van der Waals surface area contributed by atoms with E-state index in [0.29, 0.717) is 38.4 Å². The number of likely N-dealkylation sites (N-methyl/N-ethyl adjacent to an activating group) is 1. The van der Waals surface area contributed by atoms with Gasteiger partial charge in [0.15, 0.2) is 6.29 Å². The number of nitrogens with one attached hydrogen (secondary N) is 1. The topological polar surface area (TPSA) is 230 Å². The Morgan fingerprint density at radius 3 is 2.40 bits per heavy atom. The molecule has 2 aliphatic rings. The first kappa shape index (κ1) is 31.4. The predicted octanol–water partition coefficient (Wildman–Crippen LogP) is -3.22. The molecule has 15 nitrogen and oxygen atoms in total. The predicted molar refractivity (Wildman–Crippen MR) is 135 cm³/mol. The average molecular weight is 596 g/mol. The third-order valence-electron chi connectivity index (χ3n) is 7.15. The monoisotopic (exact) mass is 595 g/mol. The third kappa shape index (κ3) is 5.02. The Bertz CT molecular complexity index is 1380. The second-order valence-corrected chi connectivity index (χ2v) is 9.83. The van der Waals surface area contributed by atoms with Crippen molar-refractivity contribution in [2.45, 2.75) is 36.4 Å². The van der Waals surface area contributed by atoms with Crippen molar-refractivity contribution in [3.8, 4) is 5.75 Å². The summed E-state index contributed by atoms with van der Waals surface area (Å²) >= 11 is 0. The molecule has 0 aromatic heterocycles. The summed E-state index contributed by atoms with van der Waals surface area (Å²) in [6.07, 6.45) is -0.875. The van der Waals surface area contributed by atoms with Crippen LogP contribution >= 0.6 is 0 Å². The number of hydrogen-bond donors (Lipinski definition) is 8. The van der Waals surface area contributed by atoms with E-state index in [0.717, 1.165) is 19.2 Å². The molecule has 2 aromatic carbocycles. The molecule has 0 spiro atoms. The molecule has 2 heterocycles. The van der Waals surface area contributed by atoms with E-state index in [2.05, 4.69) is 4.90 Å². The minimum atomic E-state index is -4.64. The van der Waals surface area contributed by atoms with Gasteiger partial charge in [-0.15, -0.1) is 0 Å². The fourth-order valence-electron chi connectivity index (χ4n) is 4.83. The molecular formula is C26H30FN3O12. The number of ether oxygens (including phenoxy) is 2. The molecule has 2 amide bonds. The second-order valence-electron chi connectivity index (χ2n) is 9.83. The van der Waals surface area contributed by atoms with Crippen molar-refractivity contribution in [3.63, 3.8) is 0 Å². The van der Waals surface area contributed by atoms with E-state index in [1.165, 1.54) is 18.2 Å². The van der Waals surface area contributed by atoms with Crippen LogP contribution in [0.4, 0.5) is 4.39 Å². The van der Waals surface area contributed by atoms with Crippen LogP contribution in [-0.4, -0.2) is 114 Å². The van der Waals surface area contributed by atoms with Gasteiger partial charge in [-0.2, -0.15) is 0 Å². The van der Waals surface area contributed by atoms with Gasteiger partial charge in [0.05, 0.1) is 24.3 Å². The number of nitrogens with zero attached hydrogens (tertiary/aromatic N) is 2. The first-order chi connectivity index (χ1) is 19.6. The molecule has 1 unspecified atom stereocenters. The number of carbonyl (C=O) groups excluding carboxylic acids is 3. The summed E-state index contributed by atoms with van der Waals surface area (Å²) < 4.78 is 25.8. The van der Waals surface area contributed by atoms with Crippen LogP contribution in [0.2, 0.25) is 0 Å². The van der Waals surface area contributed by atoms with E-state index < -0.39 is 75.5 Å². The van der Waals surface area contributed by atoms with Gasteiger partial charge in [0, 0.05) is 32.2 Å². The number of benzene rings is 2. The molecule has 1 saturated heterocycles. The average Bonchev–Trinajstić information content (AvgIpc) is 3.17. The van der Waals surface area contributed by atoms with Crippen LogP contribution in [0.3, 0.4) is 0 Å². The summed E-state index contributed by atoms with van der Waals surface area (Å²) in [4.78, 5) is 38.7. The van der Waals surface area contributed by atoms with E-state index in [1.807, 2.05) is 0 Å². The number of carbonyl (C=O) groups is 3. The summed E-state index contributed by atoms with van der Waals surface area (Å²) in [6, 6.07) is 7.78. The fraction of sp³-hybridized carbons (Fsp3) is 0.423. The largest absolute Gasteiger partial charge is 0.488 e. The Balaban J connectivity index is 1.66. The maximum absolute atomic E-state index is 14.9. The highest BCUT2D eigenvalue weighted by atomic mass is 19.1. The first-order valence-electron chi connectivity index (χ1n) is 12.6. The molecular weight excluding hydrogens is 565 g/mol. The quantitative estimate of drug-likeness (QED) is 0.1000. The van der Waals surface area contributed by atoms with E-state index in [1.54, 1.807) is 11.4 Å². The van der Waals surface area contributed by atoms with E-state index in [-0.39, 0.29) is 5.56 Å². The van der Waals surface area contributed by atoms with Crippen molar-refractivity contribution in [1.29, 1.82) is 0 Å². The van der Waals surface area contributed by atoms with Gasteiger partial charge in [-0.3, -0.25) is 19.3 Å². The van der Waals surface area contributed by atoms with E-state index >= 15 is 0 Å². The lowest BCUT2D eigenvalue weighted by molar-refractivity contribution is -0.426. The Hall–Kier alpha value is -3.58. The lowest BCUT2D eigenvalue weighted by Crippen LogP contribution is -2.81. The second kappa shape index (κ2) is 11.3. The maximum atomic E-state index is 14.9. The molecule has 228 valence electrons. The Morgan fingerprint density at radius 1 is 1.14 bits per heavy atom. The summed E-state index contributed by atoms with van der Waals surface area (Å²) in [5.74, 6) is -17.4. The van der Waals surface area contributed by atoms with Gasteiger partial charge in [-0.25, -0.2) is 9.29 Å². The smallest absolute Gasteiger partial charge is 0.287 e. The highest BCUT2D eigenvalue weighted by Crippen LogP contribution is 2.47. The molecule has 8 N–H and O–H groups in total. The summed E-state index contributed by atoms with van der Waals surface area (Å²) in [5, 5.41) is 75.6. The molecule has 4 rings (SSSR count). The summed E-state index contributed by atoms with van der Waals surface area (Å²) in [5.41, 5.74) is -5.03. The number of halogens is 1. The Kier molecular flexibility index (Phi) is 8.40. The van der Waals surface area contributed by atoms with Gasteiger partial charge >= 0.3 is 0 Å². The van der Waals surface area contributed by atoms with Crippen LogP contribution in [0.5, 0.6) is 5.75 Å². The molecule has 0 radical (unpaired) electrons. The van der Waals surface area contributed by atoms with Gasteiger partial charge in [-0.05, 0) is 23.8 Å². The zero-order chi connectivity index (χ0) is 31.1. The normalized spacial score (nSPS) is 18.8. The molecule has 1 atom stereocenters. The third-order valence-corrected chi connectivity index (χ3v) is 7.15. The Morgan fingerprint density at radius 2 is 1.81 bits per heavy atom. The van der Waals surface area contributed by atoms with Crippen molar-refractivity contribution in [2.24, 2.45) is 0 Å². The molecule has 42 heavy (non-hydrogen) atoms. The highest BCUT2D eigenvalue weighted by molar-refractivity contribution is 6.04. The molecule has 2 aliphatic heterocycles. The number of morpholine rings is 1. The summed E-state index contributed by atoms with van der Waals surface area (Å²) in [7, 11) is 0.820. The standard InChI is InChI=1S/C26H30FN3O12/c1-28-22(33)24(36,26(39,40)23(34,35)14-31)30-21(32)17-3-2-4-19(20(17)25(30,37)38)42-13-16-6-5-15(11-18(16)27)12-29-7-9-41-10-8-29/h2-6,11,14,34-40H,7-10,12-13H2,1H3,(H,28,33). The van der Waals surface area contributed by atoms with Crippen molar-refractivity contribution in [1.82, 2.24) is 15.1 Å². The number of aldehydes is 1. The molecule has 2 aromatic rings. The van der Waals surface area contributed by atoms with Crippen LogP contribution in [0.1, 0.15) is 27.0 Å². The van der Waals surface area contributed by atoms with Gasteiger partial charge in [0.2, 0.25) is 0 Å². The van der Waals surface area contributed by atoms with Crippen LogP contribution in [-0.2, 0) is 33.4 Å². The maximum Gasteiger partial charge on any atom is 0.287 e. The molecule has 16 heteroatoms. The van der Waals surface area contributed by atoms with Crippen LogP contribution in [0, 0.1) is 5.82 Å². The lowest BCUT2D eigenvalue weighted by atomic mass is 9.91. The van der Waals surface area contributed by atoms with Gasteiger partial charge in [0.25, 0.3) is 35.0 Å². The molecule has 1 fully saturated rings. The van der Waals surface area contributed by atoms with Crippen LogP contribution in [0.25, 0.3) is 0 Å². The zero-order valence-electron chi connectivity index (χ0n) is 22.2. The number of rotatable bonds is 10. The number of amides is 2. The number of aliphatic hydroxyl groups is 7. The van der Waals surface area contributed by atoms with Crippen LogP contribution < -0.4 is 10.1 Å². The Labute approximate surface area is 237 Å². The van der Waals surface area contributed by atoms with E-state index in [9.17, 15) is 54.5 Å². The van der Waals surface area contributed by atoms with Gasteiger partial charge in [0.1, 0.15) is 18.2 Å². The van der Waals surface area contributed by atoms with Crippen molar-refractivity contribution >= 4 is 18.1 Å².